The van der Waals surface area contributed by atoms with Crippen LogP contribution in [0.3, 0.4) is 0 Å². The first-order valence-corrected chi connectivity index (χ1v) is 4.97. The van der Waals surface area contributed by atoms with Crippen molar-refractivity contribution in [3.05, 3.63) is 12.2 Å². The molecule has 0 saturated carbocycles. The molecule has 0 saturated heterocycles. The quantitative estimate of drug-likeness (QED) is 0.503. The van der Waals surface area contributed by atoms with E-state index in [0.717, 1.165) is 19.3 Å². The molecule has 0 aromatic carbocycles. The predicted octanol–water partition coefficient (Wildman–Crippen LogP) is 1.88. The molecular weight excluding hydrogens is 163 g/mol. The van der Waals surface area contributed by atoms with Gasteiger partial charge in [-0.3, -0.25) is 4.79 Å². The maximum absolute atomic E-state index is 10.5. The molecule has 2 unspecified atom stereocenters. The molecule has 0 radical (unpaired) electrons. The van der Waals surface area contributed by atoms with Crippen LogP contribution in [0.25, 0.3) is 0 Å². The maximum Gasteiger partial charge on any atom is 0.306 e. The fourth-order valence-electron chi connectivity index (χ4n) is 1.23. The van der Waals surface area contributed by atoms with Crippen molar-refractivity contribution < 1.29 is 9.90 Å². The Balaban J connectivity index is 3.73. The van der Waals surface area contributed by atoms with Crippen LogP contribution in [0.5, 0.6) is 0 Å². The molecule has 0 fully saturated rings. The number of allylic oxidation sites excluding steroid dienone is 2. The summed E-state index contributed by atoms with van der Waals surface area (Å²) in [5.74, 6) is -0.560. The molecule has 0 rings (SSSR count). The highest BCUT2D eigenvalue weighted by atomic mass is 16.4. The zero-order chi connectivity index (χ0) is 10.3. The maximum atomic E-state index is 10.5. The van der Waals surface area contributed by atoms with Gasteiger partial charge in [-0.2, -0.15) is 0 Å². The molecule has 74 valence electrons. The van der Waals surface area contributed by atoms with Crippen LogP contribution in [0.15, 0.2) is 12.2 Å². The van der Waals surface area contributed by atoms with Crippen molar-refractivity contribution in [2.75, 3.05) is 0 Å². The minimum atomic E-state index is -0.698. The van der Waals surface area contributed by atoms with E-state index in [1.54, 1.807) is 6.92 Å². The SMILES string of the molecule is BC(/C=C/CCC)CC(C)C(=O)O. The van der Waals surface area contributed by atoms with Crippen LogP contribution in [0.1, 0.15) is 33.1 Å². The summed E-state index contributed by atoms with van der Waals surface area (Å²) in [5.41, 5.74) is 0. The summed E-state index contributed by atoms with van der Waals surface area (Å²) in [6.07, 6.45) is 7.22. The standard InChI is InChI=1S/C10H19BO2/c1-3-4-5-6-9(11)7-8(2)10(12)13/h5-6,8-9H,3-4,7,11H2,1-2H3,(H,12,13)/b6-5+. The molecule has 3 heteroatoms. The van der Waals surface area contributed by atoms with Crippen molar-refractivity contribution in [1.82, 2.24) is 0 Å². The number of carbonyl (C=O) groups is 1. The number of hydrogen-bond acceptors (Lipinski definition) is 1. The average Bonchev–Trinajstić information content (AvgIpc) is 2.04. The Hall–Kier alpha value is -0.725. The molecular formula is C10H19BO2. The van der Waals surface area contributed by atoms with Crippen LogP contribution < -0.4 is 0 Å². The number of carboxylic acids is 1. The predicted molar refractivity (Wildman–Crippen MR) is 57.8 cm³/mol. The van der Waals surface area contributed by atoms with Crippen molar-refractivity contribution in [3.63, 3.8) is 0 Å². The van der Waals surface area contributed by atoms with Gasteiger partial charge in [-0.25, -0.2) is 0 Å². The molecule has 0 aromatic heterocycles. The molecule has 13 heavy (non-hydrogen) atoms. The van der Waals surface area contributed by atoms with Gasteiger partial charge >= 0.3 is 5.97 Å². The third-order valence-electron chi connectivity index (χ3n) is 2.07. The zero-order valence-electron chi connectivity index (χ0n) is 8.79. The van der Waals surface area contributed by atoms with Gasteiger partial charge in [0.25, 0.3) is 0 Å². The topological polar surface area (TPSA) is 37.3 Å². The molecule has 0 aliphatic rings. The van der Waals surface area contributed by atoms with Crippen molar-refractivity contribution in [2.45, 2.75) is 38.9 Å². The Morgan fingerprint density at radius 3 is 2.69 bits per heavy atom. The Bertz CT molecular complexity index is 178. The van der Waals surface area contributed by atoms with Gasteiger partial charge in [0.15, 0.2) is 0 Å². The first-order valence-electron chi connectivity index (χ1n) is 4.97. The van der Waals surface area contributed by atoms with Crippen LogP contribution in [0, 0.1) is 5.92 Å². The summed E-state index contributed by atoms with van der Waals surface area (Å²) in [7, 11) is 2.06. The van der Waals surface area contributed by atoms with Crippen molar-refractivity contribution in [3.8, 4) is 0 Å². The van der Waals surface area contributed by atoms with Crippen molar-refractivity contribution >= 4 is 13.8 Å². The van der Waals surface area contributed by atoms with Crippen LogP contribution in [-0.4, -0.2) is 18.9 Å². The molecule has 2 atom stereocenters. The van der Waals surface area contributed by atoms with E-state index in [2.05, 4.69) is 26.9 Å². The summed E-state index contributed by atoms with van der Waals surface area (Å²) in [5, 5.41) is 8.68. The van der Waals surface area contributed by atoms with E-state index < -0.39 is 5.97 Å². The summed E-state index contributed by atoms with van der Waals surface area (Å²) >= 11 is 0. The lowest BCUT2D eigenvalue weighted by Gasteiger charge is -2.09. The minimum Gasteiger partial charge on any atom is -0.481 e. The second-order valence-corrected chi connectivity index (χ2v) is 3.67. The normalized spacial score (nSPS) is 15.8. The number of hydrogen-bond donors (Lipinski definition) is 1. The van der Waals surface area contributed by atoms with Gasteiger partial charge in [0.1, 0.15) is 7.85 Å². The largest absolute Gasteiger partial charge is 0.481 e. The second kappa shape index (κ2) is 6.75. The molecule has 0 spiro atoms. The number of aliphatic carboxylic acids is 1. The first-order chi connectivity index (χ1) is 6.07. The van der Waals surface area contributed by atoms with E-state index in [1.165, 1.54) is 0 Å². The summed E-state index contributed by atoms with van der Waals surface area (Å²) in [6, 6.07) is 0. The Morgan fingerprint density at radius 2 is 2.23 bits per heavy atom. The van der Waals surface area contributed by atoms with Crippen LogP contribution in [0.4, 0.5) is 0 Å². The van der Waals surface area contributed by atoms with E-state index in [9.17, 15) is 4.79 Å². The van der Waals surface area contributed by atoms with Gasteiger partial charge in [-0.1, -0.05) is 38.2 Å². The summed E-state index contributed by atoms with van der Waals surface area (Å²) in [6.45, 7) is 3.89. The molecule has 0 aromatic rings. The minimum absolute atomic E-state index is 0.235. The van der Waals surface area contributed by atoms with Crippen LogP contribution in [-0.2, 0) is 4.79 Å². The molecule has 0 bridgehead atoms. The third kappa shape index (κ3) is 6.44. The van der Waals surface area contributed by atoms with Crippen molar-refractivity contribution in [2.24, 2.45) is 5.92 Å². The van der Waals surface area contributed by atoms with E-state index in [1.807, 2.05) is 0 Å². The smallest absolute Gasteiger partial charge is 0.306 e. The fourth-order valence-corrected chi connectivity index (χ4v) is 1.23. The van der Waals surface area contributed by atoms with Crippen LogP contribution >= 0.6 is 0 Å². The van der Waals surface area contributed by atoms with Gasteiger partial charge in [0.2, 0.25) is 0 Å². The van der Waals surface area contributed by atoms with E-state index in [0.29, 0.717) is 5.82 Å². The Labute approximate surface area is 81.4 Å². The lowest BCUT2D eigenvalue weighted by atomic mass is 9.80. The third-order valence-corrected chi connectivity index (χ3v) is 2.07. The molecule has 0 aliphatic heterocycles. The molecule has 0 amide bonds. The van der Waals surface area contributed by atoms with Gasteiger partial charge in [0, 0.05) is 0 Å². The van der Waals surface area contributed by atoms with E-state index in [-0.39, 0.29) is 5.92 Å². The van der Waals surface area contributed by atoms with Crippen molar-refractivity contribution in [1.29, 1.82) is 0 Å². The van der Waals surface area contributed by atoms with Crippen LogP contribution in [0.2, 0.25) is 5.82 Å². The summed E-state index contributed by atoms with van der Waals surface area (Å²) < 4.78 is 0. The fraction of sp³-hybridized carbons (Fsp3) is 0.700. The molecule has 1 N–H and O–H groups in total. The summed E-state index contributed by atoms with van der Waals surface area (Å²) in [4.78, 5) is 10.5. The first kappa shape index (κ1) is 12.3. The van der Waals surface area contributed by atoms with Gasteiger partial charge < -0.3 is 5.11 Å². The molecule has 0 heterocycles. The van der Waals surface area contributed by atoms with Gasteiger partial charge in [-0.15, -0.1) is 0 Å². The van der Waals surface area contributed by atoms with Gasteiger partial charge in [0.05, 0.1) is 5.92 Å². The van der Waals surface area contributed by atoms with Gasteiger partial charge in [-0.05, 0) is 12.8 Å². The lowest BCUT2D eigenvalue weighted by molar-refractivity contribution is -0.141. The van der Waals surface area contributed by atoms with E-state index >= 15 is 0 Å². The Kier molecular flexibility index (Phi) is 6.38. The number of rotatable bonds is 6. The highest BCUT2D eigenvalue weighted by Gasteiger charge is 2.12. The number of carboxylic acid groups (broad SMARTS) is 1. The molecule has 0 aliphatic carbocycles. The Morgan fingerprint density at radius 1 is 1.62 bits per heavy atom. The lowest BCUT2D eigenvalue weighted by Crippen LogP contribution is -2.11. The average molecular weight is 182 g/mol. The zero-order valence-corrected chi connectivity index (χ0v) is 8.79. The number of unbranched alkanes of at least 4 members (excludes halogenated alkanes) is 1. The highest BCUT2D eigenvalue weighted by molar-refractivity contribution is 6.13. The second-order valence-electron chi connectivity index (χ2n) is 3.67. The highest BCUT2D eigenvalue weighted by Crippen LogP contribution is 2.16. The monoisotopic (exact) mass is 182 g/mol. The molecule has 2 nitrogen and oxygen atoms in total. The van der Waals surface area contributed by atoms with E-state index in [4.69, 9.17) is 5.11 Å².